The number of amides is 2. The third-order valence-corrected chi connectivity index (χ3v) is 8.47. The summed E-state index contributed by atoms with van der Waals surface area (Å²) < 4.78 is 56.7. The monoisotopic (exact) mass is 954 g/mol. The first-order valence-corrected chi connectivity index (χ1v) is 17.6. The Balaban J connectivity index is 0.000000281. The molecule has 0 aliphatic heterocycles. The predicted molar refractivity (Wildman–Crippen MR) is 203 cm³/mol. The van der Waals surface area contributed by atoms with Crippen molar-refractivity contribution in [3.05, 3.63) is 114 Å². The van der Waals surface area contributed by atoms with Gasteiger partial charge in [0.25, 0.3) is 11.8 Å². The SMILES string of the molecule is CC(C)(ONC(=O)c1ccc(F)cc1Nc1ccc(I)cc1F)C(O)CO.CC(CCO)ONC(=O)c1ccc(F)cc1Nc1ccc(I)cc1F. The first-order valence-electron chi connectivity index (χ1n) is 15.4. The van der Waals surface area contributed by atoms with Crippen molar-refractivity contribution in [1.82, 2.24) is 11.0 Å². The number of aliphatic hydroxyl groups is 3. The number of halogens is 6. The normalized spacial score (nSPS) is 12.2. The molecule has 2 unspecified atom stereocenters. The molecule has 0 fully saturated rings. The number of anilines is 4. The number of nitrogens with one attached hydrogen (secondary N) is 4. The Hall–Kier alpha value is -3.60. The van der Waals surface area contributed by atoms with E-state index in [1.54, 1.807) is 19.1 Å². The fraction of sp³-hybridized carbons (Fsp3) is 0.257. The molecule has 52 heavy (non-hydrogen) atoms. The van der Waals surface area contributed by atoms with Gasteiger partial charge in [-0.15, -0.1) is 0 Å². The maximum atomic E-state index is 14.1. The topological polar surface area (TPSA) is 161 Å². The summed E-state index contributed by atoms with van der Waals surface area (Å²) in [7, 11) is 0. The highest BCUT2D eigenvalue weighted by atomic mass is 127. The number of carbonyl (C=O) groups is 2. The van der Waals surface area contributed by atoms with Crippen molar-refractivity contribution in [2.75, 3.05) is 23.8 Å². The van der Waals surface area contributed by atoms with Gasteiger partial charge in [-0.2, -0.15) is 0 Å². The van der Waals surface area contributed by atoms with Crippen LogP contribution in [0.15, 0.2) is 72.8 Å². The lowest BCUT2D eigenvalue weighted by Crippen LogP contribution is -2.46. The lowest BCUT2D eigenvalue weighted by atomic mass is 10.0. The molecule has 17 heteroatoms. The zero-order valence-corrected chi connectivity index (χ0v) is 32.3. The van der Waals surface area contributed by atoms with Crippen LogP contribution in [0.1, 0.15) is 47.9 Å². The van der Waals surface area contributed by atoms with Crippen molar-refractivity contribution in [3.63, 3.8) is 0 Å². The van der Waals surface area contributed by atoms with Crippen LogP contribution >= 0.6 is 45.2 Å². The van der Waals surface area contributed by atoms with E-state index in [0.717, 1.165) is 24.3 Å². The van der Waals surface area contributed by atoms with E-state index in [9.17, 15) is 32.3 Å². The van der Waals surface area contributed by atoms with E-state index in [-0.39, 0.29) is 46.6 Å². The van der Waals surface area contributed by atoms with Gasteiger partial charge in [-0.1, -0.05) is 0 Å². The van der Waals surface area contributed by atoms with Crippen molar-refractivity contribution < 1.29 is 52.1 Å². The molecule has 2 atom stereocenters. The maximum absolute atomic E-state index is 14.1. The molecule has 0 bridgehead atoms. The predicted octanol–water partition coefficient (Wildman–Crippen LogP) is 6.85. The third-order valence-electron chi connectivity index (χ3n) is 7.12. The Bertz CT molecular complexity index is 1860. The summed E-state index contributed by atoms with van der Waals surface area (Å²) >= 11 is 3.93. The van der Waals surface area contributed by atoms with E-state index in [1.807, 2.05) is 45.2 Å². The van der Waals surface area contributed by atoms with Crippen LogP contribution in [0.3, 0.4) is 0 Å². The van der Waals surface area contributed by atoms with Crippen LogP contribution in [0.5, 0.6) is 0 Å². The van der Waals surface area contributed by atoms with Crippen LogP contribution < -0.4 is 21.6 Å². The van der Waals surface area contributed by atoms with Crippen LogP contribution in [0.4, 0.5) is 40.3 Å². The van der Waals surface area contributed by atoms with Gasteiger partial charge in [0.1, 0.15) is 35.0 Å². The lowest BCUT2D eigenvalue weighted by Gasteiger charge is -2.28. The Kier molecular flexibility index (Phi) is 16.5. The van der Waals surface area contributed by atoms with Crippen LogP contribution in [0.2, 0.25) is 0 Å². The summed E-state index contributed by atoms with van der Waals surface area (Å²) in [4.78, 5) is 35.0. The molecule has 0 saturated heterocycles. The van der Waals surface area contributed by atoms with Gasteiger partial charge < -0.3 is 26.0 Å². The highest BCUT2D eigenvalue weighted by Gasteiger charge is 2.30. The fourth-order valence-electron chi connectivity index (χ4n) is 4.08. The van der Waals surface area contributed by atoms with Crippen LogP contribution in [0.25, 0.3) is 0 Å². The second kappa shape index (κ2) is 20.0. The zero-order chi connectivity index (χ0) is 38.6. The minimum atomic E-state index is -1.26. The smallest absolute Gasteiger partial charge is 0.276 e. The molecule has 4 rings (SSSR count). The van der Waals surface area contributed by atoms with Gasteiger partial charge in [-0.05, 0) is 145 Å². The highest BCUT2D eigenvalue weighted by molar-refractivity contribution is 14.1. The molecular formula is C35H36F4I2N4O7. The molecule has 0 aliphatic rings. The molecule has 0 radical (unpaired) electrons. The number of carbonyl (C=O) groups excluding carboxylic acids is 2. The van der Waals surface area contributed by atoms with Gasteiger partial charge in [-0.3, -0.25) is 19.3 Å². The molecule has 0 aliphatic carbocycles. The molecule has 0 aromatic heterocycles. The Morgan fingerprint density at radius 3 is 1.62 bits per heavy atom. The van der Waals surface area contributed by atoms with Crippen LogP contribution in [0, 0.1) is 30.4 Å². The molecule has 2 amide bonds. The van der Waals surface area contributed by atoms with Gasteiger partial charge in [0.2, 0.25) is 0 Å². The second-order valence-electron chi connectivity index (χ2n) is 11.6. The van der Waals surface area contributed by atoms with Crippen molar-refractivity contribution in [2.45, 2.75) is 45.0 Å². The molecule has 4 aromatic carbocycles. The van der Waals surface area contributed by atoms with Crippen molar-refractivity contribution >= 4 is 79.7 Å². The van der Waals surface area contributed by atoms with Crippen molar-refractivity contribution in [1.29, 1.82) is 0 Å². The van der Waals surface area contributed by atoms with E-state index in [0.29, 0.717) is 13.6 Å². The van der Waals surface area contributed by atoms with E-state index >= 15 is 0 Å². The molecule has 7 N–H and O–H groups in total. The first-order chi connectivity index (χ1) is 24.5. The van der Waals surface area contributed by atoms with Gasteiger partial charge >= 0.3 is 0 Å². The summed E-state index contributed by atoms with van der Waals surface area (Å²) in [5.74, 6) is -3.60. The van der Waals surface area contributed by atoms with E-state index in [1.165, 1.54) is 50.2 Å². The van der Waals surface area contributed by atoms with Crippen molar-refractivity contribution in [2.24, 2.45) is 0 Å². The number of aliphatic hydroxyl groups excluding tert-OH is 3. The van der Waals surface area contributed by atoms with Gasteiger partial charge in [-0.25, -0.2) is 28.5 Å². The average molecular weight is 954 g/mol. The van der Waals surface area contributed by atoms with Gasteiger partial charge in [0.15, 0.2) is 0 Å². The van der Waals surface area contributed by atoms with Crippen molar-refractivity contribution in [3.8, 4) is 0 Å². The minimum Gasteiger partial charge on any atom is -0.396 e. The summed E-state index contributed by atoms with van der Waals surface area (Å²) in [6.45, 7) is 3.99. The number of rotatable bonds is 14. The highest BCUT2D eigenvalue weighted by Crippen LogP contribution is 2.27. The molecular weight excluding hydrogens is 918 g/mol. The molecule has 0 saturated carbocycles. The van der Waals surface area contributed by atoms with Gasteiger partial charge in [0, 0.05) is 13.7 Å². The molecule has 280 valence electrons. The first kappa shape index (κ1) is 42.8. The lowest BCUT2D eigenvalue weighted by molar-refractivity contribution is -0.144. The average Bonchev–Trinajstić information content (AvgIpc) is 3.09. The van der Waals surface area contributed by atoms with Crippen LogP contribution in [-0.2, 0) is 9.68 Å². The summed E-state index contributed by atoms with van der Waals surface area (Å²) in [5, 5.41) is 32.9. The maximum Gasteiger partial charge on any atom is 0.276 e. The standard InChI is InChI=1S/C18H19F2IN2O4.C17H17F2IN2O3/c1-18(2,16(25)9-24)27-23-17(26)12-5-3-10(19)7-15(12)22-14-6-4-11(21)8-13(14)20;1-10(6-7-23)25-22-17(24)13-4-2-11(18)8-16(13)21-15-5-3-12(20)9-14(15)19/h3-8,16,22,24-25H,9H2,1-2H3,(H,23,26);2-5,8-10,21,23H,6-7H2,1H3,(H,22,24). The zero-order valence-electron chi connectivity index (χ0n) is 27.9. The quantitative estimate of drug-likeness (QED) is 0.0408. The largest absolute Gasteiger partial charge is 0.396 e. The van der Waals surface area contributed by atoms with Gasteiger partial charge in [0.05, 0.1) is 46.6 Å². The molecule has 4 aromatic rings. The fourth-order valence-corrected chi connectivity index (χ4v) is 4.98. The number of hydrogen-bond acceptors (Lipinski definition) is 9. The molecule has 0 heterocycles. The van der Waals surface area contributed by atoms with E-state index < -0.39 is 53.4 Å². The third kappa shape index (κ3) is 12.8. The minimum absolute atomic E-state index is 0.00337. The number of hydrogen-bond donors (Lipinski definition) is 7. The van der Waals surface area contributed by atoms with Crippen LogP contribution in [-0.4, -0.2) is 58.2 Å². The molecule has 0 spiro atoms. The second-order valence-corrected chi connectivity index (χ2v) is 14.1. The Morgan fingerprint density at radius 2 is 1.19 bits per heavy atom. The molecule has 11 nitrogen and oxygen atoms in total. The summed E-state index contributed by atoms with van der Waals surface area (Å²) in [6.07, 6.45) is -1.27. The summed E-state index contributed by atoms with van der Waals surface area (Å²) in [5.41, 5.74) is 3.58. The Labute approximate surface area is 324 Å². The number of benzene rings is 4. The van der Waals surface area contributed by atoms with E-state index in [2.05, 4.69) is 21.6 Å². The Morgan fingerprint density at radius 1 is 0.731 bits per heavy atom. The summed E-state index contributed by atoms with van der Waals surface area (Å²) in [6, 6.07) is 15.8. The number of hydroxylamine groups is 2. The van der Waals surface area contributed by atoms with E-state index in [4.69, 9.17) is 19.9 Å².